The third-order valence-electron chi connectivity index (χ3n) is 5.39. The largest absolute Gasteiger partial charge is 0.382 e. The lowest BCUT2D eigenvalue weighted by Crippen LogP contribution is -2.23. The van der Waals surface area contributed by atoms with Crippen LogP contribution in [0.4, 0.5) is 10.2 Å². The predicted molar refractivity (Wildman–Crippen MR) is 114 cm³/mol. The highest BCUT2D eigenvalue weighted by atomic mass is 19.1. The summed E-state index contributed by atoms with van der Waals surface area (Å²) in [6.07, 6.45) is 1.65. The molecule has 9 heteroatoms. The van der Waals surface area contributed by atoms with Gasteiger partial charge in [-0.15, -0.1) is 0 Å². The van der Waals surface area contributed by atoms with E-state index in [2.05, 4.69) is 9.97 Å². The average molecular weight is 435 g/mol. The van der Waals surface area contributed by atoms with Crippen LogP contribution in [0.2, 0.25) is 0 Å². The molecule has 0 saturated carbocycles. The van der Waals surface area contributed by atoms with Gasteiger partial charge in [-0.3, -0.25) is 0 Å². The lowest BCUT2D eigenvalue weighted by atomic mass is 10.1. The number of benzene rings is 2. The van der Waals surface area contributed by atoms with Crippen molar-refractivity contribution in [1.82, 2.24) is 19.5 Å². The summed E-state index contributed by atoms with van der Waals surface area (Å²) in [6, 6.07) is 12.1. The Kier molecular flexibility index (Phi) is 4.99. The van der Waals surface area contributed by atoms with Crippen LogP contribution in [0.15, 0.2) is 48.8 Å². The van der Waals surface area contributed by atoms with Gasteiger partial charge >= 0.3 is 0 Å². The van der Waals surface area contributed by atoms with E-state index in [4.69, 9.17) is 25.2 Å². The first-order chi connectivity index (χ1) is 15.4. The van der Waals surface area contributed by atoms with Crippen LogP contribution in [-0.2, 0) is 35.0 Å². The molecule has 0 aromatic heterocycles. The van der Waals surface area contributed by atoms with Gasteiger partial charge in [0, 0.05) is 5.56 Å². The SMILES string of the molecule is CC(C)(OCc1ccc(F)cc1)c1nc2c(N)ncn(Cc3ccc4c(c3)OOC4)c-2n1. The molecule has 0 aliphatic carbocycles. The molecule has 3 heterocycles. The molecule has 2 N–H and O–H groups in total. The van der Waals surface area contributed by atoms with Crippen LogP contribution in [0.5, 0.6) is 5.75 Å². The summed E-state index contributed by atoms with van der Waals surface area (Å²) in [6.45, 7) is 5.02. The lowest BCUT2D eigenvalue weighted by Gasteiger charge is -2.22. The van der Waals surface area contributed by atoms with Gasteiger partial charge < -0.3 is 19.9 Å². The average Bonchev–Trinajstić information content (AvgIpc) is 3.43. The van der Waals surface area contributed by atoms with Gasteiger partial charge in [0.05, 0.1) is 19.5 Å². The van der Waals surface area contributed by atoms with Gasteiger partial charge in [-0.1, -0.05) is 24.3 Å². The molecule has 0 fully saturated rings. The van der Waals surface area contributed by atoms with Crippen LogP contribution in [-0.4, -0.2) is 19.5 Å². The number of imidazole rings is 1. The fraction of sp³-hybridized carbons (Fsp3) is 0.261. The van der Waals surface area contributed by atoms with E-state index in [1.807, 2.05) is 36.6 Å². The third kappa shape index (κ3) is 3.88. The van der Waals surface area contributed by atoms with Crippen molar-refractivity contribution in [2.24, 2.45) is 0 Å². The first kappa shape index (κ1) is 20.3. The Hall–Kier alpha value is -3.56. The second-order valence-electron chi connectivity index (χ2n) is 8.19. The Bertz CT molecular complexity index is 1240. The van der Waals surface area contributed by atoms with Crippen LogP contribution >= 0.6 is 0 Å². The Morgan fingerprint density at radius 1 is 1.12 bits per heavy atom. The second kappa shape index (κ2) is 7.85. The molecule has 2 aromatic rings. The molecule has 0 amide bonds. The Morgan fingerprint density at radius 2 is 1.91 bits per heavy atom. The van der Waals surface area contributed by atoms with E-state index >= 15 is 0 Å². The molecule has 8 nitrogen and oxygen atoms in total. The normalized spacial score (nSPS) is 13.3. The number of anilines is 1. The minimum absolute atomic E-state index is 0.284. The maximum absolute atomic E-state index is 13.1. The van der Waals surface area contributed by atoms with E-state index in [0.29, 0.717) is 48.7 Å². The zero-order valence-corrected chi connectivity index (χ0v) is 17.7. The van der Waals surface area contributed by atoms with Gasteiger partial charge in [-0.05, 0) is 43.2 Å². The highest BCUT2D eigenvalue weighted by Gasteiger charge is 2.30. The smallest absolute Gasteiger partial charge is 0.171 e. The molecule has 2 aromatic carbocycles. The van der Waals surface area contributed by atoms with E-state index in [1.54, 1.807) is 18.5 Å². The van der Waals surface area contributed by atoms with Gasteiger partial charge in [0.25, 0.3) is 0 Å². The number of rotatable bonds is 6. The molecule has 3 aliphatic rings. The molecule has 0 radical (unpaired) electrons. The van der Waals surface area contributed by atoms with E-state index in [-0.39, 0.29) is 5.82 Å². The molecule has 32 heavy (non-hydrogen) atoms. The van der Waals surface area contributed by atoms with Gasteiger partial charge in [-0.25, -0.2) is 19.3 Å². The molecule has 0 unspecified atom stereocenters. The first-order valence-corrected chi connectivity index (χ1v) is 10.2. The number of ether oxygens (including phenoxy) is 1. The molecule has 0 saturated heterocycles. The van der Waals surface area contributed by atoms with Crippen molar-refractivity contribution in [2.75, 3.05) is 5.73 Å². The van der Waals surface area contributed by atoms with E-state index in [0.717, 1.165) is 16.7 Å². The standard InChI is InChI=1S/C23H22FN5O3/c1-23(2,30-11-14-4-7-17(24)8-5-14)22-27-19-20(25)26-13-29(21(19)28-22)10-15-3-6-16-12-31-32-18(16)9-15/h3-9,13H,10-12,25H2,1-2H3. The fourth-order valence-electron chi connectivity index (χ4n) is 3.50. The minimum Gasteiger partial charge on any atom is -0.382 e. The first-order valence-electron chi connectivity index (χ1n) is 10.2. The summed E-state index contributed by atoms with van der Waals surface area (Å²) in [5.74, 6) is 1.84. The Morgan fingerprint density at radius 3 is 2.72 bits per heavy atom. The van der Waals surface area contributed by atoms with Crippen LogP contribution in [0.1, 0.15) is 36.4 Å². The highest BCUT2D eigenvalue weighted by molar-refractivity contribution is 5.65. The maximum atomic E-state index is 13.1. The summed E-state index contributed by atoms with van der Waals surface area (Å²) < 4.78 is 21.1. The zero-order valence-electron chi connectivity index (χ0n) is 17.7. The van der Waals surface area contributed by atoms with Crippen molar-refractivity contribution in [3.8, 4) is 17.3 Å². The van der Waals surface area contributed by atoms with E-state index < -0.39 is 5.60 Å². The molecule has 0 spiro atoms. The van der Waals surface area contributed by atoms with E-state index in [1.165, 1.54) is 12.1 Å². The molecular weight excluding hydrogens is 413 g/mol. The zero-order chi connectivity index (χ0) is 22.3. The Balaban J connectivity index is 1.41. The molecular formula is C23H22FN5O3. The molecule has 5 rings (SSSR count). The van der Waals surface area contributed by atoms with Crippen molar-refractivity contribution in [2.45, 2.75) is 39.2 Å². The van der Waals surface area contributed by atoms with Crippen molar-refractivity contribution < 1.29 is 18.9 Å². The van der Waals surface area contributed by atoms with E-state index in [9.17, 15) is 4.39 Å². The minimum atomic E-state index is -0.795. The number of hydrogen-bond donors (Lipinski definition) is 1. The molecule has 164 valence electrons. The third-order valence-corrected chi connectivity index (χ3v) is 5.39. The van der Waals surface area contributed by atoms with Crippen LogP contribution < -0.4 is 10.6 Å². The predicted octanol–water partition coefficient (Wildman–Crippen LogP) is 3.82. The number of fused-ring (bicyclic) bond motifs is 2. The number of halogens is 1. The van der Waals surface area contributed by atoms with Gasteiger partial charge in [-0.2, -0.15) is 4.89 Å². The quantitative estimate of drug-likeness (QED) is 0.460. The number of nitrogen functional groups attached to an aromatic ring is 1. The second-order valence-corrected chi connectivity index (χ2v) is 8.19. The summed E-state index contributed by atoms with van der Waals surface area (Å²) in [5, 5.41) is 0. The van der Waals surface area contributed by atoms with Crippen LogP contribution in [0.3, 0.4) is 0 Å². The number of nitrogens with zero attached hydrogens (tertiary/aromatic N) is 4. The Labute approximate surface area is 184 Å². The molecule has 3 aliphatic heterocycles. The monoisotopic (exact) mass is 435 g/mol. The van der Waals surface area contributed by atoms with Crippen molar-refractivity contribution in [1.29, 1.82) is 0 Å². The summed E-state index contributed by atoms with van der Waals surface area (Å²) in [4.78, 5) is 23.8. The van der Waals surface area contributed by atoms with Crippen LogP contribution in [0, 0.1) is 5.82 Å². The fourth-order valence-corrected chi connectivity index (χ4v) is 3.50. The summed E-state index contributed by atoms with van der Waals surface area (Å²) in [5.41, 5.74) is 8.68. The summed E-state index contributed by atoms with van der Waals surface area (Å²) >= 11 is 0. The topological polar surface area (TPSA) is 97.3 Å². The number of aromatic nitrogens is 4. The van der Waals surface area contributed by atoms with Crippen molar-refractivity contribution in [3.63, 3.8) is 0 Å². The lowest BCUT2D eigenvalue weighted by molar-refractivity contribution is -0.194. The number of nitrogens with two attached hydrogens (primary N) is 1. The summed E-state index contributed by atoms with van der Waals surface area (Å²) in [7, 11) is 0. The van der Waals surface area contributed by atoms with Gasteiger partial charge in [0.2, 0.25) is 0 Å². The van der Waals surface area contributed by atoms with Crippen molar-refractivity contribution >= 4 is 5.82 Å². The maximum Gasteiger partial charge on any atom is 0.171 e. The molecule has 0 bridgehead atoms. The molecule has 0 atom stereocenters. The van der Waals surface area contributed by atoms with Crippen molar-refractivity contribution in [3.05, 3.63) is 77.1 Å². The number of hydrogen-bond acceptors (Lipinski definition) is 7. The van der Waals surface area contributed by atoms with Gasteiger partial charge in [0.1, 0.15) is 18.0 Å². The van der Waals surface area contributed by atoms with Gasteiger partial charge in [0.15, 0.2) is 28.9 Å². The highest BCUT2D eigenvalue weighted by Crippen LogP contribution is 2.32. The van der Waals surface area contributed by atoms with Crippen LogP contribution in [0.25, 0.3) is 11.5 Å².